The molecule has 0 fully saturated rings. The quantitative estimate of drug-likeness (QED) is 0.0262. The Morgan fingerprint density at radius 2 is 0.574 bits per heavy atom. The molecule has 0 bridgehead atoms. The van der Waals surface area contributed by atoms with Gasteiger partial charge >= 0.3 is 17.9 Å². The number of carbonyl (C=O) groups is 3. The maximum absolute atomic E-state index is 12.9. The molecule has 0 rings (SSSR count). The molecule has 68 heavy (non-hydrogen) atoms. The van der Waals surface area contributed by atoms with Crippen molar-refractivity contribution >= 4 is 17.9 Å². The zero-order chi connectivity index (χ0) is 49.3. The number of esters is 3. The van der Waals surface area contributed by atoms with Crippen LogP contribution in [0.4, 0.5) is 0 Å². The molecule has 0 aromatic rings. The van der Waals surface area contributed by atoms with Crippen LogP contribution >= 0.6 is 0 Å². The largest absolute Gasteiger partial charge is 0.462 e. The molecule has 0 radical (unpaired) electrons. The normalized spacial score (nSPS) is 12.3. The Kier molecular flexibility index (Phi) is 54.8. The van der Waals surface area contributed by atoms with Crippen LogP contribution < -0.4 is 0 Å². The average Bonchev–Trinajstić information content (AvgIpc) is 3.34. The number of hydrogen-bond acceptors (Lipinski definition) is 6. The van der Waals surface area contributed by atoms with Crippen molar-refractivity contribution in [2.24, 2.45) is 0 Å². The van der Waals surface area contributed by atoms with Crippen molar-refractivity contribution < 1.29 is 28.6 Å². The molecule has 6 nitrogen and oxygen atoms in total. The average molecular weight is 954 g/mol. The minimum absolute atomic E-state index is 0.0767. The van der Waals surface area contributed by atoms with Gasteiger partial charge in [-0.05, 0) is 77.0 Å². The Bertz CT molecular complexity index is 1190. The van der Waals surface area contributed by atoms with Gasteiger partial charge in [0.1, 0.15) is 13.2 Å². The molecule has 0 heterocycles. The van der Waals surface area contributed by atoms with Crippen molar-refractivity contribution in [1.29, 1.82) is 0 Å². The summed E-state index contributed by atoms with van der Waals surface area (Å²) < 4.78 is 16.9. The third kappa shape index (κ3) is 54.3. The van der Waals surface area contributed by atoms with E-state index < -0.39 is 6.10 Å². The summed E-state index contributed by atoms with van der Waals surface area (Å²) in [7, 11) is 0. The maximum atomic E-state index is 12.9. The van der Waals surface area contributed by atoms with Gasteiger partial charge in [0.2, 0.25) is 0 Å². The Morgan fingerprint density at radius 3 is 0.912 bits per heavy atom. The van der Waals surface area contributed by atoms with Gasteiger partial charge in [-0.25, -0.2) is 0 Å². The van der Waals surface area contributed by atoms with E-state index in [4.69, 9.17) is 14.2 Å². The van der Waals surface area contributed by atoms with E-state index in [1.165, 1.54) is 180 Å². The first-order valence-electron chi connectivity index (χ1n) is 29.6. The van der Waals surface area contributed by atoms with Crippen molar-refractivity contribution in [3.8, 4) is 0 Å². The molecule has 0 aliphatic heterocycles. The van der Waals surface area contributed by atoms with E-state index in [-0.39, 0.29) is 31.1 Å². The number of carbonyl (C=O) groups excluding carboxylic acids is 3. The summed E-state index contributed by atoms with van der Waals surface area (Å²) in [5.41, 5.74) is 0. The fourth-order valence-corrected chi connectivity index (χ4v) is 8.63. The highest BCUT2D eigenvalue weighted by atomic mass is 16.6. The lowest BCUT2D eigenvalue weighted by atomic mass is 10.0. The number of ether oxygens (including phenoxy) is 3. The van der Waals surface area contributed by atoms with Crippen LogP contribution in [0.15, 0.2) is 48.6 Å². The van der Waals surface area contributed by atoms with Gasteiger partial charge in [0.15, 0.2) is 6.10 Å². The van der Waals surface area contributed by atoms with E-state index in [0.717, 1.165) is 89.9 Å². The molecule has 0 aromatic heterocycles. The van der Waals surface area contributed by atoms with Gasteiger partial charge in [-0.3, -0.25) is 14.4 Å². The van der Waals surface area contributed by atoms with Crippen molar-refractivity contribution in [1.82, 2.24) is 0 Å². The molecule has 0 aromatic carbocycles. The predicted molar refractivity (Wildman–Crippen MR) is 293 cm³/mol. The third-order valence-electron chi connectivity index (χ3n) is 13.1. The lowest BCUT2D eigenvalue weighted by Crippen LogP contribution is -2.30. The van der Waals surface area contributed by atoms with Gasteiger partial charge < -0.3 is 14.2 Å². The zero-order valence-corrected chi connectivity index (χ0v) is 45.4. The first-order valence-corrected chi connectivity index (χ1v) is 29.6. The van der Waals surface area contributed by atoms with Crippen molar-refractivity contribution in [2.45, 2.75) is 316 Å². The third-order valence-corrected chi connectivity index (χ3v) is 13.1. The van der Waals surface area contributed by atoms with Crippen molar-refractivity contribution in [3.05, 3.63) is 48.6 Å². The molecule has 0 spiro atoms. The van der Waals surface area contributed by atoms with Crippen LogP contribution in [0.25, 0.3) is 0 Å². The monoisotopic (exact) mass is 953 g/mol. The van der Waals surface area contributed by atoms with Crippen LogP contribution in [0.3, 0.4) is 0 Å². The van der Waals surface area contributed by atoms with E-state index in [1.54, 1.807) is 0 Å². The van der Waals surface area contributed by atoms with E-state index in [2.05, 4.69) is 69.4 Å². The molecule has 6 heteroatoms. The van der Waals surface area contributed by atoms with Crippen LogP contribution in [0.1, 0.15) is 310 Å². The highest BCUT2D eigenvalue weighted by Gasteiger charge is 2.19. The van der Waals surface area contributed by atoms with Crippen LogP contribution in [0, 0.1) is 0 Å². The molecular weight excluding hydrogens is 841 g/mol. The summed E-state index contributed by atoms with van der Waals surface area (Å²) in [6.45, 7) is 6.56. The summed E-state index contributed by atoms with van der Waals surface area (Å²) in [5.74, 6) is -0.878. The second kappa shape index (κ2) is 57.0. The number of unbranched alkanes of at least 4 members (excludes halogenated alkanes) is 35. The molecule has 0 aliphatic carbocycles. The SMILES string of the molecule is CC/C=C\C/C=C\C/C=C\CCCCCCCCC(=O)OC(COC(=O)CCCCCCCCC/C=C\CCCCCCCCCC)COC(=O)CCCCCCCCCCCCCCCCC. The Labute approximate surface area is 422 Å². The summed E-state index contributed by atoms with van der Waals surface area (Å²) in [5, 5.41) is 0. The van der Waals surface area contributed by atoms with Crippen LogP contribution in [0.2, 0.25) is 0 Å². The fraction of sp³-hybridized carbons (Fsp3) is 0.823. The molecule has 396 valence electrons. The van der Waals surface area contributed by atoms with E-state index in [0.29, 0.717) is 19.3 Å². The number of rotatable bonds is 54. The second-order valence-electron chi connectivity index (χ2n) is 19.9. The van der Waals surface area contributed by atoms with Crippen LogP contribution in [0.5, 0.6) is 0 Å². The van der Waals surface area contributed by atoms with Crippen LogP contribution in [-0.2, 0) is 28.6 Å². The van der Waals surface area contributed by atoms with Gasteiger partial charge in [0.25, 0.3) is 0 Å². The van der Waals surface area contributed by atoms with E-state index in [1.807, 2.05) is 0 Å². The molecule has 0 aliphatic rings. The first kappa shape index (κ1) is 65.4. The second-order valence-corrected chi connectivity index (χ2v) is 19.9. The van der Waals surface area contributed by atoms with Crippen molar-refractivity contribution in [3.63, 3.8) is 0 Å². The van der Waals surface area contributed by atoms with Gasteiger partial charge in [0.05, 0.1) is 0 Å². The Morgan fingerprint density at radius 1 is 0.309 bits per heavy atom. The molecule has 0 N–H and O–H groups in total. The van der Waals surface area contributed by atoms with Gasteiger partial charge in [0, 0.05) is 19.3 Å². The topological polar surface area (TPSA) is 78.9 Å². The highest BCUT2D eigenvalue weighted by Crippen LogP contribution is 2.16. The Hall–Kier alpha value is -2.63. The summed E-state index contributed by atoms with van der Waals surface area (Å²) >= 11 is 0. The smallest absolute Gasteiger partial charge is 0.306 e. The predicted octanol–water partition coefficient (Wildman–Crippen LogP) is 19.8. The standard InChI is InChI=1S/C62H112O6/c1-4-7-10-13-16-19-22-25-28-30-31-32-35-37-40-43-46-49-52-55-61(64)67-58-59(57-66-60(63)54-51-48-45-42-39-36-33-27-24-21-18-15-12-9-6-3)68-62(65)56-53-50-47-44-41-38-34-29-26-23-20-17-14-11-8-5-2/h8,11,17,20,26,29-31,59H,4-7,9-10,12-16,18-19,21-25,27-28,32-58H2,1-3H3/b11-8-,20-17-,29-26-,31-30-. The summed E-state index contributed by atoms with van der Waals surface area (Å²) in [6, 6.07) is 0. The molecule has 0 saturated heterocycles. The summed E-state index contributed by atoms with van der Waals surface area (Å²) in [4.78, 5) is 38.2. The minimum atomic E-state index is -0.780. The first-order chi connectivity index (χ1) is 33.5. The lowest BCUT2D eigenvalue weighted by molar-refractivity contribution is -0.167. The number of hydrogen-bond donors (Lipinski definition) is 0. The fourth-order valence-electron chi connectivity index (χ4n) is 8.63. The van der Waals surface area contributed by atoms with Crippen LogP contribution in [-0.4, -0.2) is 37.2 Å². The Balaban J connectivity index is 4.36. The lowest BCUT2D eigenvalue weighted by Gasteiger charge is -2.18. The highest BCUT2D eigenvalue weighted by molar-refractivity contribution is 5.71. The maximum Gasteiger partial charge on any atom is 0.306 e. The van der Waals surface area contributed by atoms with Crippen molar-refractivity contribution in [2.75, 3.05) is 13.2 Å². The van der Waals surface area contributed by atoms with Gasteiger partial charge in [-0.1, -0.05) is 262 Å². The summed E-state index contributed by atoms with van der Waals surface area (Å²) in [6.07, 6.45) is 69.6. The van der Waals surface area contributed by atoms with E-state index in [9.17, 15) is 14.4 Å². The van der Waals surface area contributed by atoms with Gasteiger partial charge in [-0.15, -0.1) is 0 Å². The van der Waals surface area contributed by atoms with E-state index >= 15 is 0 Å². The zero-order valence-electron chi connectivity index (χ0n) is 45.4. The minimum Gasteiger partial charge on any atom is -0.462 e. The molecule has 0 saturated carbocycles. The molecule has 1 unspecified atom stereocenters. The molecular formula is C62H112O6. The molecule has 0 amide bonds. The van der Waals surface area contributed by atoms with Gasteiger partial charge in [-0.2, -0.15) is 0 Å². The molecule has 1 atom stereocenters. The number of allylic oxidation sites excluding steroid dienone is 8.